The van der Waals surface area contributed by atoms with Gasteiger partial charge in [-0.1, -0.05) is 17.7 Å². The lowest BCUT2D eigenvalue weighted by Gasteiger charge is -2.38. The standard InChI is InChI=1S/C15H16ClF3N2O/c16-13-3-2-11(10-12(13)15(17,18)19)14(22)4-8-21(9-5-14)7-1-6-20/h2-3,10,22H,1,4-5,7-9H2. The van der Waals surface area contributed by atoms with E-state index in [2.05, 4.69) is 6.07 Å². The number of alkyl halides is 3. The first-order valence-electron chi connectivity index (χ1n) is 6.95. The van der Waals surface area contributed by atoms with Crippen LogP contribution in [0, 0.1) is 11.3 Å². The van der Waals surface area contributed by atoms with Crippen molar-refractivity contribution in [2.24, 2.45) is 0 Å². The molecule has 0 unspecified atom stereocenters. The number of aliphatic hydroxyl groups is 1. The average Bonchev–Trinajstić information content (AvgIpc) is 2.46. The van der Waals surface area contributed by atoms with Crippen molar-refractivity contribution in [2.45, 2.75) is 31.0 Å². The third kappa shape index (κ3) is 3.72. The molecule has 1 fully saturated rings. The van der Waals surface area contributed by atoms with Gasteiger partial charge in [-0.2, -0.15) is 18.4 Å². The minimum absolute atomic E-state index is 0.240. The predicted octanol–water partition coefficient (Wildman–Crippen LogP) is 3.56. The molecule has 0 radical (unpaired) electrons. The molecule has 22 heavy (non-hydrogen) atoms. The summed E-state index contributed by atoms with van der Waals surface area (Å²) in [5, 5.41) is 18.9. The molecule has 1 N–H and O–H groups in total. The molecule has 0 atom stereocenters. The van der Waals surface area contributed by atoms with Gasteiger partial charge in [0, 0.05) is 26.1 Å². The molecular formula is C15H16ClF3N2O. The van der Waals surface area contributed by atoms with E-state index in [-0.39, 0.29) is 10.6 Å². The summed E-state index contributed by atoms with van der Waals surface area (Å²) in [4.78, 5) is 2.03. The van der Waals surface area contributed by atoms with Crippen LogP contribution in [0.25, 0.3) is 0 Å². The van der Waals surface area contributed by atoms with Gasteiger partial charge >= 0.3 is 6.18 Å². The van der Waals surface area contributed by atoms with Crippen LogP contribution in [-0.4, -0.2) is 29.6 Å². The molecule has 2 rings (SSSR count). The van der Waals surface area contributed by atoms with Crippen LogP contribution in [0.15, 0.2) is 18.2 Å². The molecule has 1 aromatic rings. The highest BCUT2D eigenvalue weighted by molar-refractivity contribution is 6.31. The van der Waals surface area contributed by atoms with Gasteiger partial charge in [-0.25, -0.2) is 0 Å². The van der Waals surface area contributed by atoms with Crippen LogP contribution < -0.4 is 0 Å². The number of rotatable bonds is 3. The molecule has 1 aromatic carbocycles. The highest BCUT2D eigenvalue weighted by atomic mass is 35.5. The summed E-state index contributed by atoms with van der Waals surface area (Å²) in [7, 11) is 0. The van der Waals surface area contributed by atoms with Crippen molar-refractivity contribution in [2.75, 3.05) is 19.6 Å². The second-order valence-electron chi connectivity index (χ2n) is 5.47. The number of likely N-dealkylation sites (tertiary alicyclic amines) is 1. The third-order valence-electron chi connectivity index (χ3n) is 4.03. The Morgan fingerprint density at radius 2 is 1.95 bits per heavy atom. The molecule has 120 valence electrons. The van der Waals surface area contributed by atoms with Crippen molar-refractivity contribution in [1.82, 2.24) is 4.90 Å². The molecule has 0 saturated carbocycles. The smallest absolute Gasteiger partial charge is 0.385 e. The van der Waals surface area contributed by atoms with Gasteiger partial charge in [-0.05, 0) is 30.5 Å². The van der Waals surface area contributed by atoms with Gasteiger partial charge in [-0.15, -0.1) is 0 Å². The summed E-state index contributed by atoms with van der Waals surface area (Å²) >= 11 is 5.61. The number of hydrogen-bond donors (Lipinski definition) is 1. The van der Waals surface area contributed by atoms with Crippen LogP contribution in [0.2, 0.25) is 5.02 Å². The molecule has 1 heterocycles. The summed E-state index contributed by atoms with van der Waals surface area (Å²) in [6, 6.07) is 5.62. The zero-order chi connectivity index (χ0) is 16.4. The summed E-state index contributed by atoms with van der Waals surface area (Å²) in [5.41, 5.74) is -1.97. The van der Waals surface area contributed by atoms with E-state index in [4.69, 9.17) is 16.9 Å². The maximum atomic E-state index is 12.9. The van der Waals surface area contributed by atoms with E-state index < -0.39 is 17.3 Å². The molecule has 0 aliphatic carbocycles. The molecule has 7 heteroatoms. The van der Waals surface area contributed by atoms with E-state index in [1.54, 1.807) is 0 Å². The second-order valence-corrected chi connectivity index (χ2v) is 5.88. The molecule has 0 aromatic heterocycles. The summed E-state index contributed by atoms with van der Waals surface area (Å²) in [5.74, 6) is 0. The maximum absolute atomic E-state index is 12.9. The predicted molar refractivity (Wildman–Crippen MR) is 76.3 cm³/mol. The largest absolute Gasteiger partial charge is 0.417 e. The molecule has 0 bridgehead atoms. The van der Waals surface area contributed by atoms with Crippen LogP contribution in [-0.2, 0) is 11.8 Å². The lowest BCUT2D eigenvalue weighted by molar-refractivity contribution is -0.137. The van der Waals surface area contributed by atoms with E-state index in [0.29, 0.717) is 38.9 Å². The van der Waals surface area contributed by atoms with Crippen molar-refractivity contribution in [1.29, 1.82) is 5.26 Å². The molecule has 3 nitrogen and oxygen atoms in total. The minimum Gasteiger partial charge on any atom is -0.385 e. The van der Waals surface area contributed by atoms with Gasteiger partial charge in [0.05, 0.1) is 22.3 Å². The summed E-state index contributed by atoms with van der Waals surface area (Å²) in [6.45, 7) is 1.70. The van der Waals surface area contributed by atoms with Crippen molar-refractivity contribution >= 4 is 11.6 Å². The summed E-state index contributed by atoms with van der Waals surface area (Å²) in [6.07, 6.45) is -3.48. The number of halogens is 4. The minimum atomic E-state index is -4.54. The lowest BCUT2D eigenvalue weighted by Crippen LogP contribution is -2.42. The van der Waals surface area contributed by atoms with Gasteiger partial charge in [0.25, 0.3) is 0 Å². The Bertz CT molecular complexity index is 575. The van der Waals surface area contributed by atoms with Crippen LogP contribution >= 0.6 is 11.6 Å². The number of piperidine rings is 1. The zero-order valence-corrected chi connectivity index (χ0v) is 12.6. The van der Waals surface area contributed by atoms with Crippen molar-refractivity contribution in [3.63, 3.8) is 0 Å². The molecular weight excluding hydrogens is 317 g/mol. The quantitative estimate of drug-likeness (QED) is 0.920. The molecule has 1 aliphatic rings. The number of nitriles is 1. The Morgan fingerprint density at radius 1 is 1.32 bits per heavy atom. The highest BCUT2D eigenvalue weighted by Gasteiger charge is 2.38. The Balaban J connectivity index is 2.17. The number of nitrogens with zero attached hydrogens (tertiary/aromatic N) is 2. The van der Waals surface area contributed by atoms with Crippen molar-refractivity contribution in [3.8, 4) is 6.07 Å². The van der Waals surface area contributed by atoms with E-state index in [9.17, 15) is 18.3 Å². The normalized spacial score (nSPS) is 18.9. The van der Waals surface area contributed by atoms with E-state index in [0.717, 1.165) is 6.07 Å². The Kier molecular flexibility index (Phi) is 5.00. The fourth-order valence-corrected chi connectivity index (χ4v) is 2.90. The van der Waals surface area contributed by atoms with Crippen molar-refractivity contribution < 1.29 is 18.3 Å². The van der Waals surface area contributed by atoms with Crippen LogP contribution in [0.4, 0.5) is 13.2 Å². The van der Waals surface area contributed by atoms with E-state index in [1.165, 1.54) is 12.1 Å². The monoisotopic (exact) mass is 332 g/mol. The van der Waals surface area contributed by atoms with Gasteiger partial charge in [0.2, 0.25) is 0 Å². The Labute approximate surface area is 131 Å². The SMILES string of the molecule is N#CCCN1CCC(O)(c2ccc(Cl)c(C(F)(F)F)c2)CC1. The highest BCUT2D eigenvalue weighted by Crippen LogP contribution is 2.39. The van der Waals surface area contributed by atoms with Gasteiger partial charge in [0.15, 0.2) is 0 Å². The number of benzene rings is 1. The Morgan fingerprint density at radius 3 is 2.50 bits per heavy atom. The van der Waals surface area contributed by atoms with Crippen LogP contribution in [0.1, 0.15) is 30.4 Å². The lowest BCUT2D eigenvalue weighted by atomic mass is 9.83. The van der Waals surface area contributed by atoms with Crippen LogP contribution in [0.3, 0.4) is 0 Å². The number of hydrogen-bond acceptors (Lipinski definition) is 3. The van der Waals surface area contributed by atoms with Gasteiger partial charge in [0.1, 0.15) is 0 Å². The van der Waals surface area contributed by atoms with Gasteiger partial charge < -0.3 is 10.0 Å². The second kappa shape index (κ2) is 6.45. The first-order valence-corrected chi connectivity index (χ1v) is 7.33. The van der Waals surface area contributed by atoms with Crippen LogP contribution in [0.5, 0.6) is 0 Å². The molecule has 0 spiro atoms. The Hall–Kier alpha value is -1.29. The third-order valence-corrected chi connectivity index (χ3v) is 4.36. The topological polar surface area (TPSA) is 47.3 Å². The summed E-state index contributed by atoms with van der Waals surface area (Å²) < 4.78 is 38.8. The van der Waals surface area contributed by atoms with Crippen molar-refractivity contribution in [3.05, 3.63) is 34.3 Å². The maximum Gasteiger partial charge on any atom is 0.417 e. The van der Waals surface area contributed by atoms with E-state index in [1.807, 2.05) is 4.90 Å². The first kappa shape index (κ1) is 17.1. The molecule has 0 amide bonds. The van der Waals surface area contributed by atoms with Gasteiger partial charge in [-0.3, -0.25) is 0 Å². The molecule has 1 aliphatic heterocycles. The molecule has 1 saturated heterocycles. The fraction of sp³-hybridized carbons (Fsp3) is 0.533. The average molecular weight is 333 g/mol. The first-order chi connectivity index (χ1) is 10.3. The van der Waals surface area contributed by atoms with E-state index >= 15 is 0 Å². The fourth-order valence-electron chi connectivity index (χ4n) is 2.68. The zero-order valence-electron chi connectivity index (χ0n) is 11.8.